The van der Waals surface area contributed by atoms with Gasteiger partial charge in [0.05, 0.1) is 0 Å². The summed E-state index contributed by atoms with van der Waals surface area (Å²) in [5.41, 5.74) is 0. The molecule has 2 N–H and O–H groups in total. The molecule has 0 aliphatic heterocycles. The number of aliphatic carboxylic acids is 1. The molecular weight excluding hydrogens is 216 g/mol. The monoisotopic (exact) mass is 226 g/mol. The molecule has 1 amide bonds. The zero-order chi connectivity index (χ0) is 12.0. The number of carboxylic acid groups (broad SMARTS) is 1. The molecule has 0 unspecified atom stereocenters. The Morgan fingerprint density at radius 3 is 3.06 bits per heavy atom. The lowest BCUT2D eigenvalue weighted by Crippen LogP contribution is -2.18. The highest BCUT2D eigenvalue weighted by molar-refractivity contribution is 5.82. The predicted molar refractivity (Wildman–Crippen MR) is 52.8 cm³/mol. The van der Waals surface area contributed by atoms with Crippen LogP contribution in [0.25, 0.3) is 0 Å². The SMILES string of the molecule is C=CCOC(=O)Nc1nncn1CC(=O)O. The Balaban J connectivity index is 2.59. The molecule has 0 aliphatic carbocycles. The summed E-state index contributed by atoms with van der Waals surface area (Å²) < 4.78 is 5.79. The largest absolute Gasteiger partial charge is 0.480 e. The second kappa shape index (κ2) is 5.49. The average molecular weight is 226 g/mol. The van der Waals surface area contributed by atoms with Gasteiger partial charge in [-0.05, 0) is 0 Å². The van der Waals surface area contributed by atoms with E-state index in [4.69, 9.17) is 5.11 Å². The van der Waals surface area contributed by atoms with Crippen LogP contribution in [0.2, 0.25) is 0 Å². The zero-order valence-corrected chi connectivity index (χ0v) is 8.29. The molecule has 0 saturated carbocycles. The highest BCUT2D eigenvalue weighted by Crippen LogP contribution is 2.02. The summed E-state index contributed by atoms with van der Waals surface area (Å²) in [4.78, 5) is 21.5. The molecule has 16 heavy (non-hydrogen) atoms. The van der Waals surface area contributed by atoms with E-state index >= 15 is 0 Å². The van der Waals surface area contributed by atoms with Crippen molar-refractivity contribution < 1.29 is 19.4 Å². The molecule has 1 aromatic heterocycles. The van der Waals surface area contributed by atoms with Crippen LogP contribution in [0.4, 0.5) is 10.7 Å². The number of carbonyl (C=O) groups is 2. The smallest absolute Gasteiger partial charge is 0.414 e. The van der Waals surface area contributed by atoms with E-state index in [9.17, 15) is 9.59 Å². The molecule has 1 aromatic rings. The standard InChI is InChI=1S/C8H10N4O4/c1-2-3-16-8(15)10-7-11-9-5-12(7)4-6(13)14/h2,5H,1,3-4H2,(H,13,14)(H,10,11,15). The molecule has 0 aliphatic rings. The second-order valence-corrected chi connectivity index (χ2v) is 2.69. The van der Waals surface area contributed by atoms with E-state index in [1.54, 1.807) is 0 Å². The van der Waals surface area contributed by atoms with Crippen LogP contribution in [-0.4, -0.2) is 38.5 Å². The van der Waals surface area contributed by atoms with Crippen LogP contribution in [-0.2, 0) is 16.1 Å². The number of hydrogen-bond donors (Lipinski definition) is 2. The number of nitrogens with zero attached hydrogens (tertiary/aromatic N) is 3. The minimum atomic E-state index is -1.07. The van der Waals surface area contributed by atoms with Crippen LogP contribution in [0.1, 0.15) is 0 Å². The average Bonchev–Trinajstić information content (AvgIpc) is 2.62. The summed E-state index contributed by atoms with van der Waals surface area (Å²) in [6, 6.07) is 0. The molecule has 0 spiro atoms. The summed E-state index contributed by atoms with van der Waals surface area (Å²) in [6.45, 7) is 3.08. The van der Waals surface area contributed by atoms with E-state index in [1.807, 2.05) is 0 Å². The fourth-order valence-corrected chi connectivity index (χ4v) is 0.875. The Kier molecular flexibility index (Phi) is 4.01. The third-order valence-corrected chi connectivity index (χ3v) is 1.47. The minimum absolute atomic E-state index is 0.0106. The van der Waals surface area contributed by atoms with Gasteiger partial charge in [0.25, 0.3) is 0 Å². The number of carbonyl (C=O) groups excluding carboxylic acids is 1. The number of nitrogens with one attached hydrogen (secondary N) is 1. The fraction of sp³-hybridized carbons (Fsp3) is 0.250. The van der Waals surface area contributed by atoms with Crippen molar-refractivity contribution in [2.75, 3.05) is 11.9 Å². The van der Waals surface area contributed by atoms with Gasteiger partial charge in [0.15, 0.2) is 0 Å². The van der Waals surface area contributed by atoms with Crippen molar-refractivity contribution in [1.82, 2.24) is 14.8 Å². The van der Waals surface area contributed by atoms with Gasteiger partial charge < -0.3 is 9.84 Å². The van der Waals surface area contributed by atoms with Crippen LogP contribution in [0.5, 0.6) is 0 Å². The zero-order valence-electron chi connectivity index (χ0n) is 8.29. The first-order valence-electron chi connectivity index (χ1n) is 4.27. The number of carboxylic acids is 1. The molecule has 0 saturated heterocycles. The molecule has 0 radical (unpaired) electrons. The van der Waals surface area contributed by atoms with Crippen LogP contribution in [0.15, 0.2) is 19.0 Å². The number of ether oxygens (including phenoxy) is 1. The summed E-state index contributed by atoms with van der Waals surface area (Å²) in [5, 5.41) is 17.8. The molecular formula is C8H10N4O4. The quantitative estimate of drug-likeness (QED) is 0.689. The number of amides is 1. The normalized spacial score (nSPS) is 9.50. The van der Waals surface area contributed by atoms with Crippen molar-refractivity contribution >= 4 is 18.0 Å². The Labute approximate surface area is 90.5 Å². The van der Waals surface area contributed by atoms with Gasteiger partial charge in [0.1, 0.15) is 19.5 Å². The third-order valence-electron chi connectivity index (χ3n) is 1.47. The Bertz CT molecular complexity index is 400. The van der Waals surface area contributed by atoms with Gasteiger partial charge in [-0.15, -0.1) is 10.2 Å². The fourth-order valence-electron chi connectivity index (χ4n) is 0.875. The first-order valence-corrected chi connectivity index (χ1v) is 4.27. The highest BCUT2D eigenvalue weighted by atomic mass is 16.5. The van der Waals surface area contributed by atoms with Crippen LogP contribution < -0.4 is 5.32 Å². The summed E-state index contributed by atoms with van der Waals surface area (Å²) in [7, 11) is 0. The van der Waals surface area contributed by atoms with Crippen LogP contribution in [0.3, 0.4) is 0 Å². The second-order valence-electron chi connectivity index (χ2n) is 2.69. The van der Waals surface area contributed by atoms with Crippen molar-refractivity contribution in [1.29, 1.82) is 0 Å². The van der Waals surface area contributed by atoms with Gasteiger partial charge in [-0.2, -0.15) is 0 Å². The molecule has 8 heteroatoms. The summed E-state index contributed by atoms with van der Waals surface area (Å²) in [5.74, 6) is -1.06. The third kappa shape index (κ3) is 3.40. The molecule has 0 bridgehead atoms. The molecule has 86 valence electrons. The predicted octanol–water partition coefficient (Wildman–Crippen LogP) is 0.0972. The van der Waals surface area contributed by atoms with Crippen LogP contribution in [0, 0.1) is 0 Å². The maximum atomic E-state index is 11.1. The topological polar surface area (TPSA) is 106 Å². The van der Waals surface area contributed by atoms with E-state index in [2.05, 4.69) is 26.8 Å². The maximum absolute atomic E-state index is 11.1. The highest BCUT2D eigenvalue weighted by Gasteiger charge is 2.10. The number of rotatable bonds is 5. The van der Waals surface area contributed by atoms with Gasteiger partial charge in [-0.3, -0.25) is 14.7 Å². The first kappa shape index (κ1) is 11.7. The van der Waals surface area contributed by atoms with Crippen molar-refractivity contribution in [2.45, 2.75) is 6.54 Å². The lowest BCUT2D eigenvalue weighted by atomic mass is 10.6. The lowest BCUT2D eigenvalue weighted by Gasteiger charge is -2.05. The maximum Gasteiger partial charge on any atom is 0.414 e. The molecule has 1 rings (SSSR count). The van der Waals surface area contributed by atoms with E-state index in [0.29, 0.717) is 0 Å². The number of anilines is 1. The van der Waals surface area contributed by atoms with Gasteiger partial charge in [0.2, 0.25) is 5.95 Å². The van der Waals surface area contributed by atoms with Gasteiger partial charge in [-0.25, -0.2) is 4.79 Å². The molecule has 0 atom stereocenters. The summed E-state index contributed by atoms with van der Waals surface area (Å²) in [6.07, 6.45) is 1.85. The van der Waals surface area contributed by atoms with E-state index in [0.717, 1.165) is 4.57 Å². The van der Waals surface area contributed by atoms with E-state index in [1.165, 1.54) is 12.4 Å². The van der Waals surface area contributed by atoms with Gasteiger partial charge in [0, 0.05) is 0 Å². The molecule has 1 heterocycles. The number of hydrogen-bond acceptors (Lipinski definition) is 5. The lowest BCUT2D eigenvalue weighted by molar-refractivity contribution is -0.137. The van der Waals surface area contributed by atoms with Crippen molar-refractivity contribution in [3.63, 3.8) is 0 Å². The first-order chi connectivity index (χ1) is 7.63. The summed E-state index contributed by atoms with van der Waals surface area (Å²) >= 11 is 0. The molecule has 8 nitrogen and oxygen atoms in total. The van der Waals surface area contributed by atoms with E-state index in [-0.39, 0.29) is 19.1 Å². The van der Waals surface area contributed by atoms with E-state index < -0.39 is 12.1 Å². The minimum Gasteiger partial charge on any atom is -0.480 e. The molecule has 0 fully saturated rings. The van der Waals surface area contributed by atoms with Gasteiger partial charge >= 0.3 is 12.1 Å². The van der Waals surface area contributed by atoms with Crippen molar-refractivity contribution in [3.8, 4) is 0 Å². The Morgan fingerprint density at radius 1 is 1.69 bits per heavy atom. The van der Waals surface area contributed by atoms with Crippen LogP contribution >= 0.6 is 0 Å². The Morgan fingerprint density at radius 2 is 2.44 bits per heavy atom. The van der Waals surface area contributed by atoms with Crippen molar-refractivity contribution in [2.24, 2.45) is 0 Å². The number of aromatic nitrogens is 3. The van der Waals surface area contributed by atoms with Crippen molar-refractivity contribution in [3.05, 3.63) is 19.0 Å². The Hall–Kier alpha value is -2.38. The molecule has 0 aromatic carbocycles. The van der Waals surface area contributed by atoms with Gasteiger partial charge in [-0.1, -0.05) is 12.7 Å².